The molecule has 0 fully saturated rings. The molecule has 0 saturated heterocycles. The van der Waals surface area contributed by atoms with Gasteiger partial charge in [0.2, 0.25) is 0 Å². The van der Waals surface area contributed by atoms with Gasteiger partial charge in [0.25, 0.3) is 0 Å². The number of fused-ring (bicyclic) bond motifs is 2. The lowest BCUT2D eigenvalue weighted by molar-refractivity contribution is 0.357. The molecule has 19 heavy (non-hydrogen) atoms. The third-order valence-corrected chi connectivity index (χ3v) is 3.52. The number of hydrogen-bond donors (Lipinski definition) is 0. The molecule has 1 aliphatic rings. The predicted octanol–water partition coefficient (Wildman–Crippen LogP) is 2.98. The second-order valence-corrected chi connectivity index (χ2v) is 4.88. The third-order valence-electron chi connectivity index (χ3n) is 3.32. The summed E-state index contributed by atoms with van der Waals surface area (Å²) in [7, 11) is 0. The normalized spacial score (nSPS) is 13.5. The number of ether oxygens (including phenoxy) is 1. The molecule has 1 aromatic carbocycles. The number of aromatic nitrogens is 3. The Morgan fingerprint density at radius 3 is 3.11 bits per heavy atom. The maximum Gasteiger partial charge on any atom is 0.154 e. The summed E-state index contributed by atoms with van der Waals surface area (Å²) in [6.07, 6.45) is 2.78. The van der Waals surface area contributed by atoms with Crippen molar-refractivity contribution >= 4 is 17.2 Å². The summed E-state index contributed by atoms with van der Waals surface area (Å²) in [5.41, 5.74) is 3.98. The van der Waals surface area contributed by atoms with E-state index in [2.05, 4.69) is 22.2 Å². The third kappa shape index (κ3) is 1.68. The van der Waals surface area contributed by atoms with E-state index in [9.17, 15) is 0 Å². The highest BCUT2D eigenvalue weighted by Crippen LogP contribution is 2.31. The summed E-state index contributed by atoms with van der Waals surface area (Å²) in [6.45, 7) is 0.760. The van der Waals surface area contributed by atoms with Crippen LogP contribution < -0.4 is 4.74 Å². The van der Waals surface area contributed by atoms with Crippen LogP contribution in [-0.2, 0) is 6.42 Å². The first-order chi connectivity index (χ1) is 9.31. The van der Waals surface area contributed by atoms with Crippen molar-refractivity contribution in [2.75, 3.05) is 6.61 Å². The number of imidazole rings is 1. The number of halogens is 1. The predicted molar refractivity (Wildman–Crippen MR) is 72.6 cm³/mol. The molecule has 0 atom stereocenters. The molecule has 3 aromatic rings. The highest BCUT2D eigenvalue weighted by atomic mass is 35.5. The topological polar surface area (TPSA) is 39.4 Å². The molecule has 0 aliphatic carbocycles. The molecular formula is C14H10ClN3O. The zero-order chi connectivity index (χ0) is 12.8. The van der Waals surface area contributed by atoms with Crippen LogP contribution in [0.25, 0.3) is 16.9 Å². The van der Waals surface area contributed by atoms with Crippen molar-refractivity contribution < 1.29 is 4.74 Å². The van der Waals surface area contributed by atoms with Crippen LogP contribution in [0.15, 0.2) is 36.5 Å². The molecule has 0 bridgehead atoms. The SMILES string of the molecule is Clc1ccc2ncc(-c3ccc4c(c3)OCC4)n2n1. The van der Waals surface area contributed by atoms with Gasteiger partial charge in [0, 0.05) is 12.0 Å². The Labute approximate surface area is 114 Å². The largest absolute Gasteiger partial charge is 0.493 e. The van der Waals surface area contributed by atoms with Gasteiger partial charge in [0.1, 0.15) is 10.9 Å². The van der Waals surface area contributed by atoms with E-state index < -0.39 is 0 Å². The fraction of sp³-hybridized carbons (Fsp3) is 0.143. The Bertz CT molecular complexity index is 781. The molecule has 0 unspecified atom stereocenters. The summed E-state index contributed by atoms with van der Waals surface area (Å²) in [6, 6.07) is 9.79. The standard InChI is InChI=1S/C14H10ClN3O/c15-13-3-4-14-16-8-11(18(14)17-13)10-2-1-9-5-6-19-12(9)7-10/h1-4,7-8H,5-6H2. The molecular weight excluding hydrogens is 262 g/mol. The molecule has 0 saturated carbocycles. The van der Waals surface area contributed by atoms with Gasteiger partial charge < -0.3 is 4.74 Å². The summed E-state index contributed by atoms with van der Waals surface area (Å²) in [5.74, 6) is 0.953. The zero-order valence-electron chi connectivity index (χ0n) is 10.0. The number of benzene rings is 1. The van der Waals surface area contributed by atoms with Crippen molar-refractivity contribution in [3.63, 3.8) is 0 Å². The van der Waals surface area contributed by atoms with Gasteiger partial charge in [-0.15, -0.1) is 0 Å². The van der Waals surface area contributed by atoms with Gasteiger partial charge in [-0.05, 0) is 23.8 Å². The smallest absolute Gasteiger partial charge is 0.154 e. The highest BCUT2D eigenvalue weighted by molar-refractivity contribution is 6.29. The molecule has 0 radical (unpaired) electrons. The van der Waals surface area contributed by atoms with Crippen molar-refractivity contribution in [2.45, 2.75) is 6.42 Å². The molecule has 2 aromatic heterocycles. The minimum absolute atomic E-state index is 0.448. The van der Waals surface area contributed by atoms with Crippen molar-refractivity contribution in [3.05, 3.63) is 47.2 Å². The molecule has 4 rings (SSSR count). The summed E-state index contributed by atoms with van der Waals surface area (Å²) < 4.78 is 7.35. The lowest BCUT2D eigenvalue weighted by Crippen LogP contribution is -1.94. The number of nitrogens with zero attached hydrogens (tertiary/aromatic N) is 3. The lowest BCUT2D eigenvalue weighted by Gasteiger charge is -2.04. The average molecular weight is 272 g/mol. The van der Waals surface area contributed by atoms with Gasteiger partial charge in [-0.3, -0.25) is 0 Å². The number of hydrogen-bond acceptors (Lipinski definition) is 3. The summed E-state index contributed by atoms with van der Waals surface area (Å²) in [5, 5.41) is 4.73. The molecule has 1 aliphatic heterocycles. The lowest BCUT2D eigenvalue weighted by atomic mass is 10.1. The van der Waals surface area contributed by atoms with Crippen LogP contribution in [0.3, 0.4) is 0 Å². The van der Waals surface area contributed by atoms with E-state index in [4.69, 9.17) is 16.3 Å². The average Bonchev–Trinajstić information content (AvgIpc) is 3.03. The Hall–Kier alpha value is -2.07. The van der Waals surface area contributed by atoms with Gasteiger partial charge in [0.15, 0.2) is 5.65 Å². The fourth-order valence-electron chi connectivity index (χ4n) is 2.37. The first-order valence-corrected chi connectivity index (χ1v) is 6.45. The second-order valence-electron chi connectivity index (χ2n) is 4.49. The van der Waals surface area contributed by atoms with E-state index in [1.54, 1.807) is 16.8 Å². The fourth-order valence-corrected chi connectivity index (χ4v) is 2.51. The molecule has 0 N–H and O–H groups in total. The van der Waals surface area contributed by atoms with Crippen LogP contribution in [0, 0.1) is 0 Å². The van der Waals surface area contributed by atoms with Crippen molar-refractivity contribution in [1.82, 2.24) is 14.6 Å². The molecule has 0 amide bonds. The Morgan fingerprint density at radius 1 is 1.21 bits per heavy atom. The Balaban J connectivity index is 1.92. The molecule has 4 nitrogen and oxygen atoms in total. The van der Waals surface area contributed by atoms with Crippen molar-refractivity contribution in [2.24, 2.45) is 0 Å². The van der Waals surface area contributed by atoms with E-state index in [1.165, 1.54) is 5.56 Å². The van der Waals surface area contributed by atoms with Crippen LogP contribution in [0.1, 0.15) is 5.56 Å². The first kappa shape index (κ1) is 10.8. The van der Waals surface area contributed by atoms with Crippen molar-refractivity contribution in [3.8, 4) is 17.0 Å². The van der Waals surface area contributed by atoms with Crippen LogP contribution in [0.4, 0.5) is 0 Å². The number of rotatable bonds is 1. The molecule has 0 spiro atoms. The van der Waals surface area contributed by atoms with E-state index in [0.29, 0.717) is 5.15 Å². The van der Waals surface area contributed by atoms with Crippen LogP contribution in [-0.4, -0.2) is 21.2 Å². The van der Waals surface area contributed by atoms with E-state index >= 15 is 0 Å². The molecule has 5 heteroatoms. The summed E-state index contributed by atoms with van der Waals surface area (Å²) >= 11 is 5.94. The van der Waals surface area contributed by atoms with Crippen LogP contribution >= 0.6 is 11.6 Å². The maximum atomic E-state index is 5.94. The van der Waals surface area contributed by atoms with Gasteiger partial charge in [-0.25, -0.2) is 9.50 Å². The molecule has 3 heterocycles. The second kappa shape index (κ2) is 3.96. The van der Waals surface area contributed by atoms with Crippen LogP contribution in [0.2, 0.25) is 5.15 Å². The first-order valence-electron chi connectivity index (χ1n) is 6.08. The minimum Gasteiger partial charge on any atom is -0.493 e. The zero-order valence-corrected chi connectivity index (χ0v) is 10.8. The van der Waals surface area contributed by atoms with E-state index in [-0.39, 0.29) is 0 Å². The quantitative estimate of drug-likeness (QED) is 0.683. The Morgan fingerprint density at radius 2 is 2.16 bits per heavy atom. The van der Waals surface area contributed by atoms with Crippen molar-refractivity contribution in [1.29, 1.82) is 0 Å². The van der Waals surface area contributed by atoms with Crippen LogP contribution in [0.5, 0.6) is 5.75 Å². The monoisotopic (exact) mass is 271 g/mol. The maximum absolute atomic E-state index is 5.94. The Kier molecular flexibility index (Phi) is 2.26. The van der Waals surface area contributed by atoms with Gasteiger partial charge in [0.05, 0.1) is 18.5 Å². The highest BCUT2D eigenvalue weighted by Gasteiger charge is 2.14. The minimum atomic E-state index is 0.448. The van der Waals surface area contributed by atoms with E-state index in [0.717, 1.165) is 35.7 Å². The van der Waals surface area contributed by atoms with Gasteiger partial charge >= 0.3 is 0 Å². The molecule has 94 valence electrons. The van der Waals surface area contributed by atoms with Gasteiger partial charge in [-0.1, -0.05) is 23.7 Å². The van der Waals surface area contributed by atoms with Gasteiger partial charge in [-0.2, -0.15) is 5.10 Å². The summed E-state index contributed by atoms with van der Waals surface area (Å²) in [4.78, 5) is 4.33. The van der Waals surface area contributed by atoms with E-state index in [1.807, 2.05) is 12.1 Å².